The highest BCUT2D eigenvalue weighted by Crippen LogP contribution is 2.13. The Labute approximate surface area is 114 Å². The fourth-order valence-electron chi connectivity index (χ4n) is 2.18. The molecule has 0 amide bonds. The van der Waals surface area contributed by atoms with Gasteiger partial charge in [-0.2, -0.15) is 0 Å². The van der Waals surface area contributed by atoms with E-state index in [0.717, 1.165) is 32.2 Å². The molecule has 0 radical (unpaired) electrons. The number of hydrogen-bond donors (Lipinski definition) is 3. The fourth-order valence-corrected chi connectivity index (χ4v) is 3.05. The van der Waals surface area contributed by atoms with Crippen LogP contribution < -0.4 is 11.1 Å². The van der Waals surface area contributed by atoms with Crippen molar-refractivity contribution in [3.05, 3.63) is 0 Å². The lowest BCUT2D eigenvalue weighted by Gasteiger charge is -2.30. The lowest BCUT2D eigenvalue weighted by Crippen LogP contribution is -2.44. The molecule has 112 valence electrons. The number of sulfonamides is 1. The van der Waals surface area contributed by atoms with Crippen molar-refractivity contribution in [2.75, 3.05) is 25.9 Å². The predicted octanol–water partition coefficient (Wildman–Crippen LogP) is -0.0833. The summed E-state index contributed by atoms with van der Waals surface area (Å²) in [5.74, 6) is 0.265. The van der Waals surface area contributed by atoms with Crippen molar-refractivity contribution >= 4 is 15.9 Å². The van der Waals surface area contributed by atoms with Crippen molar-refractivity contribution in [2.45, 2.75) is 38.1 Å². The van der Waals surface area contributed by atoms with E-state index in [1.807, 2.05) is 0 Å². The van der Waals surface area contributed by atoms with Crippen LogP contribution in [0.5, 0.6) is 0 Å². The maximum Gasteiger partial charge on any atom is 0.211 e. The lowest BCUT2D eigenvalue weighted by atomic mass is 10.1. The molecule has 1 heterocycles. The maximum absolute atomic E-state index is 11.3. The van der Waals surface area contributed by atoms with E-state index in [0.29, 0.717) is 25.6 Å². The van der Waals surface area contributed by atoms with Gasteiger partial charge in [-0.15, -0.1) is 0 Å². The number of nitrogens with two attached hydrogens (primary N) is 1. The molecule has 1 saturated heterocycles. The van der Waals surface area contributed by atoms with Crippen LogP contribution in [-0.2, 0) is 10.0 Å². The van der Waals surface area contributed by atoms with Gasteiger partial charge >= 0.3 is 0 Å². The molecule has 0 saturated carbocycles. The number of amidine groups is 1. The van der Waals surface area contributed by atoms with Crippen LogP contribution in [0.4, 0.5) is 0 Å². The SMILES string of the molecule is CS(=O)(=O)N1CCC(NCCCCC(N)=NO)CC1. The van der Waals surface area contributed by atoms with E-state index in [-0.39, 0.29) is 5.84 Å². The first-order chi connectivity index (χ1) is 8.93. The summed E-state index contributed by atoms with van der Waals surface area (Å²) in [6.45, 7) is 2.07. The zero-order valence-corrected chi connectivity index (χ0v) is 12.2. The van der Waals surface area contributed by atoms with E-state index < -0.39 is 10.0 Å². The average molecular weight is 292 g/mol. The molecule has 8 heteroatoms. The van der Waals surface area contributed by atoms with Crippen LogP contribution in [-0.4, -0.2) is 55.7 Å². The second-order valence-corrected chi connectivity index (χ2v) is 6.92. The van der Waals surface area contributed by atoms with E-state index >= 15 is 0 Å². The van der Waals surface area contributed by atoms with Gasteiger partial charge in [0.2, 0.25) is 10.0 Å². The Bertz CT molecular complexity index is 389. The molecular formula is C11H24N4O3S. The first kappa shape index (κ1) is 16.2. The Balaban J connectivity index is 2.10. The summed E-state index contributed by atoms with van der Waals surface area (Å²) in [4.78, 5) is 0. The summed E-state index contributed by atoms with van der Waals surface area (Å²) >= 11 is 0. The first-order valence-corrected chi connectivity index (χ1v) is 8.43. The number of nitrogens with zero attached hydrogens (tertiary/aromatic N) is 2. The number of unbranched alkanes of at least 4 members (excludes halogenated alkanes) is 1. The molecule has 19 heavy (non-hydrogen) atoms. The number of rotatable bonds is 7. The summed E-state index contributed by atoms with van der Waals surface area (Å²) in [6.07, 6.45) is 5.41. The quantitative estimate of drug-likeness (QED) is 0.200. The molecule has 0 unspecified atom stereocenters. The van der Waals surface area contributed by atoms with E-state index in [2.05, 4.69) is 10.5 Å². The summed E-state index contributed by atoms with van der Waals surface area (Å²) < 4.78 is 24.2. The van der Waals surface area contributed by atoms with Crippen LogP contribution in [0.3, 0.4) is 0 Å². The van der Waals surface area contributed by atoms with Crippen LogP contribution >= 0.6 is 0 Å². The normalized spacial score (nSPS) is 19.7. The number of piperidine rings is 1. The Hall–Kier alpha value is -0.860. The zero-order chi connectivity index (χ0) is 14.3. The minimum Gasteiger partial charge on any atom is -0.409 e. The highest BCUT2D eigenvalue weighted by molar-refractivity contribution is 7.88. The van der Waals surface area contributed by atoms with Crippen molar-refractivity contribution in [3.8, 4) is 0 Å². The van der Waals surface area contributed by atoms with Crippen LogP contribution in [0.1, 0.15) is 32.1 Å². The van der Waals surface area contributed by atoms with Gasteiger partial charge in [-0.25, -0.2) is 12.7 Å². The number of nitrogens with one attached hydrogen (secondary N) is 1. The van der Waals surface area contributed by atoms with Gasteiger partial charge < -0.3 is 16.3 Å². The van der Waals surface area contributed by atoms with E-state index in [4.69, 9.17) is 10.9 Å². The molecule has 0 aromatic heterocycles. The third-order valence-electron chi connectivity index (χ3n) is 3.34. The lowest BCUT2D eigenvalue weighted by molar-refractivity contribution is 0.290. The number of hydrogen-bond acceptors (Lipinski definition) is 5. The fraction of sp³-hybridized carbons (Fsp3) is 0.909. The van der Waals surface area contributed by atoms with Crippen molar-refractivity contribution in [1.82, 2.24) is 9.62 Å². The predicted molar refractivity (Wildman–Crippen MR) is 74.7 cm³/mol. The minimum atomic E-state index is -3.04. The van der Waals surface area contributed by atoms with Gasteiger partial charge in [0.15, 0.2) is 0 Å². The minimum absolute atomic E-state index is 0.265. The van der Waals surface area contributed by atoms with Crippen LogP contribution in [0.25, 0.3) is 0 Å². The molecule has 0 aromatic carbocycles. The van der Waals surface area contributed by atoms with Crippen LogP contribution in [0.2, 0.25) is 0 Å². The molecule has 1 fully saturated rings. The van der Waals surface area contributed by atoms with Crippen LogP contribution in [0, 0.1) is 0 Å². The standard InChI is InChI=1S/C11H24N4O3S/c1-19(17,18)15-8-5-10(6-9-15)13-7-3-2-4-11(12)14-16/h10,13,16H,2-9H2,1H3,(H2,12,14). The van der Waals surface area contributed by atoms with E-state index in [9.17, 15) is 8.42 Å². The van der Waals surface area contributed by atoms with E-state index in [1.165, 1.54) is 10.6 Å². The summed E-state index contributed by atoms with van der Waals surface area (Å²) in [6, 6.07) is 0.391. The monoisotopic (exact) mass is 292 g/mol. The van der Waals surface area contributed by atoms with Gasteiger partial charge in [-0.3, -0.25) is 0 Å². The van der Waals surface area contributed by atoms with Gasteiger partial charge in [0.05, 0.1) is 6.26 Å². The third kappa shape index (κ3) is 6.22. The summed E-state index contributed by atoms with van der Waals surface area (Å²) in [7, 11) is -3.04. The summed E-state index contributed by atoms with van der Waals surface area (Å²) in [5.41, 5.74) is 5.37. The van der Waals surface area contributed by atoms with E-state index in [1.54, 1.807) is 0 Å². The molecule has 0 spiro atoms. The van der Waals surface area contributed by atoms with Crippen molar-refractivity contribution in [3.63, 3.8) is 0 Å². The van der Waals surface area contributed by atoms with Crippen molar-refractivity contribution in [1.29, 1.82) is 0 Å². The molecule has 7 nitrogen and oxygen atoms in total. The first-order valence-electron chi connectivity index (χ1n) is 6.58. The average Bonchev–Trinajstić information content (AvgIpc) is 2.37. The molecule has 0 aliphatic carbocycles. The van der Waals surface area contributed by atoms with Gasteiger partial charge in [-0.05, 0) is 32.2 Å². The maximum atomic E-state index is 11.3. The largest absolute Gasteiger partial charge is 0.409 e. The molecular weight excluding hydrogens is 268 g/mol. The smallest absolute Gasteiger partial charge is 0.211 e. The Morgan fingerprint density at radius 1 is 1.42 bits per heavy atom. The van der Waals surface area contributed by atoms with Gasteiger partial charge in [-0.1, -0.05) is 5.16 Å². The Kier molecular flexibility index (Phi) is 6.53. The number of oxime groups is 1. The third-order valence-corrected chi connectivity index (χ3v) is 4.65. The van der Waals surface area contributed by atoms with Crippen LogP contribution in [0.15, 0.2) is 5.16 Å². The van der Waals surface area contributed by atoms with Gasteiger partial charge in [0, 0.05) is 25.6 Å². The molecule has 0 bridgehead atoms. The molecule has 4 N–H and O–H groups in total. The topological polar surface area (TPSA) is 108 Å². The molecule has 1 rings (SSSR count). The highest BCUT2D eigenvalue weighted by Gasteiger charge is 2.24. The highest BCUT2D eigenvalue weighted by atomic mass is 32.2. The van der Waals surface area contributed by atoms with Gasteiger partial charge in [0.25, 0.3) is 0 Å². The Morgan fingerprint density at radius 2 is 2.05 bits per heavy atom. The Morgan fingerprint density at radius 3 is 2.58 bits per heavy atom. The molecule has 0 atom stereocenters. The van der Waals surface area contributed by atoms with Crippen molar-refractivity contribution < 1.29 is 13.6 Å². The van der Waals surface area contributed by atoms with Crippen molar-refractivity contribution in [2.24, 2.45) is 10.9 Å². The van der Waals surface area contributed by atoms with Gasteiger partial charge in [0.1, 0.15) is 5.84 Å². The zero-order valence-electron chi connectivity index (χ0n) is 11.4. The second-order valence-electron chi connectivity index (χ2n) is 4.94. The second kappa shape index (κ2) is 7.66. The molecule has 1 aliphatic rings. The summed E-state index contributed by atoms with van der Waals surface area (Å²) in [5, 5.41) is 14.7. The molecule has 1 aliphatic heterocycles. The molecule has 0 aromatic rings.